The molecule has 4 nitrogen and oxygen atoms in total. The minimum Gasteiger partial charge on any atom is -0.490 e. The summed E-state index contributed by atoms with van der Waals surface area (Å²) < 4.78 is 24.8. The molecule has 0 heterocycles. The molecule has 0 aromatic heterocycles. The van der Waals surface area contributed by atoms with Gasteiger partial charge in [0, 0.05) is 25.6 Å². The number of halogens is 1. The van der Waals surface area contributed by atoms with Crippen molar-refractivity contribution in [1.82, 2.24) is 4.90 Å². The topological polar surface area (TPSA) is 38.8 Å². The van der Waals surface area contributed by atoms with Crippen LogP contribution in [0.25, 0.3) is 0 Å². The number of carbonyl (C=O) groups excluding carboxylic acids is 1. The minimum atomic E-state index is -0.294. The van der Waals surface area contributed by atoms with Crippen molar-refractivity contribution in [2.75, 3.05) is 20.3 Å². The van der Waals surface area contributed by atoms with E-state index in [2.05, 4.69) is 0 Å². The average molecular weight is 345 g/mol. The van der Waals surface area contributed by atoms with Crippen molar-refractivity contribution < 1.29 is 18.7 Å². The molecule has 0 saturated carbocycles. The van der Waals surface area contributed by atoms with Gasteiger partial charge in [0.2, 0.25) is 5.91 Å². The zero-order chi connectivity index (χ0) is 18.1. The van der Waals surface area contributed by atoms with Gasteiger partial charge in [0.1, 0.15) is 5.82 Å². The molecule has 0 aliphatic heterocycles. The number of nitrogens with zero attached hydrogens (tertiary/aromatic N) is 1. The molecule has 2 rings (SSSR count). The summed E-state index contributed by atoms with van der Waals surface area (Å²) in [6, 6.07) is 14.0. The lowest BCUT2D eigenvalue weighted by Crippen LogP contribution is -2.26. The molecule has 0 atom stereocenters. The number of ether oxygens (including phenoxy) is 2. The standard InChI is InChI=1S/C20H24FNO3/c1-3-24-18-11-6-7-12-19(18)25-14-8-13-20(23)22(2)15-16-9-4-5-10-17(16)21/h4-7,9-12H,3,8,13-15H2,1-2H3. The molecule has 0 spiro atoms. The Labute approximate surface area is 148 Å². The molecule has 0 radical (unpaired) electrons. The van der Waals surface area contributed by atoms with E-state index < -0.39 is 0 Å². The van der Waals surface area contributed by atoms with Crippen LogP contribution in [0.5, 0.6) is 11.5 Å². The third-order valence-corrected chi connectivity index (χ3v) is 3.73. The Hall–Kier alpha value is -2.56. The van der Waals surface area contributed by atoms with E-state index >= 15 is 0 Å². The predicted octanol–water partition coefficient (Wildman–Crippen LogP) is 4.04. The van der Waals surface area contributed by atoms with Crippen molar-refractivity contribution in [3.8, 4) is 11.5 Å². The maximum absolute atomic E-state index is 13.6. The Balaban J connectivity index is 1.76. The van der Waals surface area contributed by atoms with Gasteiger partial charge < -0.3 is 14.4 Å². The van der Waals surface area contributed by atoms with Crippen LogP contribution in [0.15, 0.2) is 48.5 Å². The van der Waals surface area contributed by atoms with Gasteiger partial charge in [0.25, 0.3) is 0 Å². The fourth-order valence-electron chi connectivity index (χ4n) is 2.41. The van der Waals surface area contributed by atoms with E-state index in [1.165, 1.54) is 11.0 Å². The number of hydrogen-bond donors (Lipinski definition) is 0. The summed E-state index contributed by atoms with van der Waals surface area (Å²) in [5.41, 5.74) is 0.514. The first-order valence-corrected chi connectivity index (χ1v) is 8.43. The summed E-state index contributed by atoms with van der Waals surface area (Å²) in [6.07, 6.45) is 0.933. The minimum absolute atomic E-state index is 0.0371. The molecule has 25 heavy (non-hydrogen) atoms. The molecular weight excluding hydrogens is 321 g/mol. The number of rotatable bonds is 9. The molecule has 134 valence electrons. The van der Waals surface area contributed by atoms with Crippen LogP contribution in [-0.4, -0.2) is 31.1 Å². The molecule has 0 aliphatic rings. The van der Waals surface area contributed by atoms with Crippen molar-refractivity contribution in [2.24, 2.45) is 0 Å². The first-order chi connectivity index (χ1) is 12.1. The van der Waals surface area contributed by atoms with Gasteiger partial charge >= 0.3 is 0 Å². The maximum atomic E-state index is 13.6. The Bertz CT molecular complexity index is 690. The van der Waals surface area contributed by atoms with E-state index in [0.717, 1.165) is 0 Å². The second-order valence-corrected chi connectivity index (χ2v) is 5.67. The van der Waals surface area contributed by atoms with Crippen LogP contribution in [0.2, 0.25) is 0 Å². The van der Waals surface area contributed by atoms with Crippen LogP contribution < -0.4 is 9.47 Å². The van der Waals surface area contributed by atoms with Crippen LogP contribution in [0.4, 0.5) is 4.39 Å². The third-order valence-electron chi connectivity index (χ3n) is 3.73. The quantitative estimate of drug-likeness (QED) is 0.644. The van der Waals surface area contributed by atoms with E-state index in [-0.39, 0.29) is 18.3 Å². The van der Waals surface area contributed by atoms with E-state index in [1.807, 2.05) is 31.2 Å². The fourth-order valence-corrected chi connectivity index (χ4v) is 2.41. The van der Waals surface area contributed by atoms with E-state index in [4.69, 9.17) is 9.47 Å². The molecule has 0 aliphatic carbocycles. The highest BCUT2D eigenvalue weighted by atomic mass is 19.1. The molecule has 0 N–H and O–H groups in total. The number of hydrogen-bond acceptors (Lipinski definition) is 3. The summed E-state index contributed by atoms with van der Waals surface area (Å²) in [5.74, 6) is 1.05. The fraction of sp³-hybridized carbons (Fsp3) is 0.350. The predicted molar refractivity (Wildman–Crippen MR) is 95.2 cm³/mol. The highest BCUT2D eigenvalue weighted by Crippen LogP contribution is 2.26. The van der Waals surface area contributed by atoms with E-state index in [0.29, 0.717) is 43.1 Å². The van der Waals surface area contributed by atoms with Gasteiger partial charge in [-0.2, -0.15) is 0 Å². The van der Waals surface area contributed by atoms with Crippen molar-refractivity contribution in [3.63, 3.8) is 0 Å². The normalized spacial score (nSPS) is 10.4. The lowest BCUT2D eigenvalue weighted by atomic mass is 10.2. The zero-order valence-corrected chi connectivity index (χ0v) is 14.7. The van der Waals surface area contributed by atoms with E-state index in [9.17, 15) is 9.18 Å². The number of amides is 1. The SMILES string of the molecule is CCOc1ccccc1OCCCC(=O)N(C)Cc1ccccc1F. The Kier molecular flexibility index (Phi) is 7.26. The largest absolute Gasteiger partial charge is 0.490 e. The van der Waals surface area contributed by atoms with Crippen LogP contribution >= 0.6 is 0 Å². The van der Waals surface area contributed by atoms with Crippen molar-refractivity contribution in [2.45, 2.75) is 26.3 Å². The van der Waals surface area contributed by atoms with Crippen LogP contribution in [0.1, 0.15) is 25.3 Å². The summed E-state index contributed by atoms with van der Waals surface area (Å²) in [5, 5.41) is 0. The number of para-hydroxylation sites is 2. The van der Waals surface area contributed by atoms with Gasteiger partial charge in [-0.25, -0.2) is 4.39 Å². The molecule has 0 saturated heterocycles. The molecule has 2 aromatic carbocycles. The number of carbonyl (C=O) groups is 1. The van der Waals surface area contributed by atoms with Crippen LogP contribution in [0, 0.1) is 5.82 Å². The molecule has 5 heteroatoms. The molecule has 0 unspecified atom stereocenters. The number of benzene rings is 2. The molecule has 1 amide bonds. The Morgan fingerprint density at radius 3 is 2.36 bits per heavy atom. The second kappa shape index (κ2) is 9.67. The van der Waals surface area contributed by atoms with Gasteiger partial charge in [0.05, 0.1) is 13.2 Å². The van der Waals surface area contributed by atoms with Gasteiger partial charge in [-0.15, -0.1) is 0 Å². The Morgan fingerprint density at radius 1 is 1.04 bits per heavy atom. The smallest absolute Gasteiger partial charge is 0.222 e. The van der Waals surface area contributed by atoms with Gasteiger partial charge in [-0.3, -0.25) is 4.79 Å². The summed E-state index contributed by atoms with van der Waals surface area (Å²) in [7, 11) is 1.68. The summed E-state index contributed by atoms with van der Waals surface area (Å²) in [6.45, 7) is 3.17. The highest BCUT2D eigenvalue weighted by molar-refractivity contribution is 5.75. The Morgan fingerprint density at radius 2 is 1.68 bits per heavy atom. The van der Waals surface area contributed by atoms with Crippen LogP contribution in [-0.2, 0) is 11.3 Å². The third kappa shape index (κ3) is 5.78. The molecule has 2 aromatic rings. The second-order valence-electron chi connectivity index (χ2n) is 5.67. The van der Waals surface area contributed by atoms with Crippen LogP contribution in [0.3, 0.4) is 0 Å². The highest BCUT2D eigenvalue weighted by Gasteiger charge is 2.11. The molecular formula is C20H24FNO3. The molecule has 0 bridgehead atoms. The first-order valence-electron chi connectivity index (χ1n) is 8.43. The van der Waals surface area contributed by atoms with Gasteiger partial charge in [-0.05, 0) is 31.5 Å². The van der Waals surface area contributed by atoms with Crippen molar-refractivity contribution in [3.05, 3.63) is 59.9 Å². The van der Waals surface area contributed by atoms with Gasteiger partial charge in [0.15, 0.2) is 11.5 Å². The van der Waals surface area contributed by atoms with E-state index in [1.54, 1.807) is 25.2 Å². The monoisotopic (exact) mass is 345 g/mol. The summed E-state index contributed by atoms with van der Waals surface area (Å²) >= 11 is 0. The maximum Gasteiger partial charge on any atom is 0.222 e. The molecule has 0 fully saturated rings. The summed E-state index contributed by atoms with van der Waals surface area (Å²) in [4.78, 5) is 13.7. The lowest BCUT2D eigenvalue weighted by Gasteiger charge is -2.18. The lowest BCUT2D eigenvalue weighted by molar-refractivity contribution is -0.130. The first kappa shape index (κ1) is 18.8. The average Bonchev–Trinajstić information content (AvgIpc) is 2.62. The zero-order valence-electron chi connectivity index (χ0n) is 14.7. The van der Waals surface area contributed by atoms with Gasteiger partial charge in [-0.1, -0.05) is 30.3 Å². The van der Waals surface area contributed by atoms with Crippen molar-refractivity contribution in [1.29, 1.82) is 0 Å². The van der Waals surface area contributed by atoms with Crippen molar-refractivity contribution >= 4 is 5.91 Å².